The molecular formula is C9H18N4O. The standard InChI is InChI=1S/C9H18N4O/c1-3-8(9(14)12-11)13(4-2)7-5-6-10/h8H,3-5,7,11H2,1-2H3,(H,12,14). The van der Waals surface area contributed by atoms with Crippen LogP contribution >= 0.6 is 0 Å². The van der Waals surface area contributed by atoms with Crippen LogP contribution < -0.4 is 11.3 Å². The van der Waals surface area contributed by atoms with Crippen LogP contribution in [0, 0.1) is 11.3 Å². The van der Waals surface area contributed by atoms with Crippen LogP contribution in [0.3, 0.4) is 0 Å². The number of nitrogens with zero attached hydrogens (tertiary/aromatic N) is 2. The molecule has 1 amide bonds. The van der Waals surface area contributed by atoms with Gasteiger partial charge in [-0.25, -0.2) is 5.84 Å². The normalized spacial score (nSPS) is 12.2. The summed E-state index contributed by atoms with van der Waals surface area (Å²) in [4.78, 5) is 13.3. The van der Waals surface area contributed by atoms with Crippen molar-refractivity contribution >= 4 is 5.91 Å². The highest BCUT2D eigenvalue weighted by atomic mass is 16.2. The molecule has 0 saturated heterocycles. The van der Waals surface area contributed by atoms with E-state index in [1.54, 1.807) is 0 Å². The first-order valence-electron chi connectivity index (χ1n) is 4.82. The van der Waals surface area contributed by atoms with Gasteiger partial charge in [0.05, 0.1) is 12.1 Å². The molecule has 0 radical (unpaired) electrons. The summed E-state index contributed by atoms with van der Waals surface area (Å²) >= 11 is 0. The van der Waals surface area contributed by atoms with Gasteiger partial charge in [-0.15, -0.1) is 0 Å². The number of likely N-dealkylation sites (N-methyl/N-ethyl adjacent to an activating group) is 1. The topological polar surface area (TPSA) is 82.2 Å². The van der Waals surface area contributed by atoms with Crippen molar-refractivity contribution in [2.75, 3.05) is 13.1 Å². The third-order valence-corrected chi connectivity index (χ3v) is 2.19. The van der Waals surface area contributed by atoms with Crippen LogP contribution in [0.1, 0.15) is 26.7 Å². The SMILES string of the molecule is CCC(C(=O)NN)N(CC)CCC#N. The van der Waals surface area contributed by atoms with Crippen LogP contribution in [0.4, 0.5) is 0 Å². The maximum absolute atomic E-state index is 11.3. The van der Waals surface area contributed by atoms with Crippen molar-refractivity contribution in [1.29, 1.82) is 5.26 Å². The molecule has 0 aliphatic rings. The molecule has 0 rings (SSSR count). The minimum Gasteiger partial charge on any atom is -0.293 e. The molecule has 0 aromatic carbocycles. The van der Waals surface area contributed by atoms with Crippen LogP contribution in [0.15, 0.2) is 0 Å². The largest absolute Gasteiger partial charge is 0.293 e. The fourth-order valence-electron chi connectivity index (χ4n) is 1.43. The second kappa shape index (κ2) is 7.30. The monoisotopic (exact) mass is 198 g/mol. The fraction of sp³-hybridized carbons (Fsp3) is 0.778. The number of carbonyl (C=O) groups is 1. The van der Waals surface area contributed by atoms with Crippen LogP contribution in [0.5, 0.6) is 0 Å². The van der Waals surface area contributed by atoms with Gasteiger partial charge in [0.15, 0.2) is 0 Å². The van der Waals surface area contributed by atoms with Gasteiger partial charge in [-0.2, -0.15) is 5.26 Å². The van der Waals surface area contributed by atoms with Gasteiger partial charge in [-0.3, -0.25) is 15.1 Å². The Morgan fingerprint density at radius 3 is 2.64 bits per heavy atom. The summed E-state index contributed by atoms with van der Waals surface area (Å²) in [5.74, 6) is 4.89. The summed E-state index contributed by atoms with van der Waals surface area (Å²) in [6.45, 7) is 5.24. The summed E-state index contributed by atoms with van der Waals surface area (Å²) in [5.41, 5.74) is 2.14. The molecule has 0 fully saturated rings. The van der Waals surface area contributed by atoms with E-state index >= 15 is 0 Å². The lowest BCUT2D eigenvalue weighted by atomic mass is 10.1. The zero-order valence-corrected chi connectivity index (χ0v) is 8.79. The number of carbonyl (C=O) groups excluding carboxylic acids is 1. The second-order valence-corrected chi connectivity index (χ2v) is 2.97. The highest BCUT2D eigenvalue weighted by Gasteiger charge is 2.21. The Bertz CT molecular complexity index is 211. The molecule has 14 heavy (non-hydrogen) atoms. The number of hydrogen-bond acceptors (Lipinski definition) is 4. The van der Waals surface area contributed by atoms with E-state index in [1.807, 2.05) is 18.7 Å². The number of nitrogens with one attached hydrogen (secondary N) is 1. The van der Waals surface area contributed by atoms with Crippen LogP contribution in [0.25, 0.3) is 0 Å². The van der Waals surface area contributed by atoms with Gasteiger partial charge in [0.2, 0.25) is 0 Å². The van der Waals surface area contributed by atoms with Crippen molar-refractivity contribution in [2.24, 2.45) is 5.84 Å². The molecule has 80 valence electrons. The van der Waals surface area contributed by atoms with E-state index in [1.165, 1.54) is 0 Å². The van der Waals surface area contributed by atoms with Gasteiger partial charge in [0.25, 0.3) is 5.91 Å². The number of hydrogen-bond donors (Lipinski definition) is 2. The van der Waals surface area contributed by atoms with E-state index < -0.39 is 0 Å². The van der Waals surface area contributed by atoms with Gasteiger partial charge in [0, 0.05) is 13.0 Å². The van der Waals surface area contributed by atoms with Crippen molar-refractivity contribution < 1.29 is 4.79 Å². The first-order chi connectivity index (χ1) is 6.71. The lowest BCUT2D eigenvalue weighted by Crippen LogP contribution is -2.49. The number of amides is 1. The molecule has 0 aromatic rings. The smallest absolute Gasteiger partial charge is 0.251 e. The molecule has 0 aliphatic heterocycles. The number of nitriles is 1. The van der Waals surface area contributed by atoms with E-state index in [9.17, 15) is 4.79 Å². The first-order valence-corrected chi connectivity index (χ1v) is 4.82. The Morgan fingerprint density at radius 1 is 1.64 bits per heavy atom. The van der Waals surface area contributed by atoms with Crippen molar-refractivity contribution in [3.63, 3.8) is 0 Å². The summed E-state index contributed by atoms with van der Waals surface area (Å²) in [5, 5.41) is 8.46. The Labute approximate surface area is 84.8 Å². The highest BCUT2D eigenvalue weighted by molar-refractivity contribution is 5.81. The van der Waals surface area contributed by atoms with E-state index in [0.29, 0.717) is 19.4 Å². The van der Waals surface area contributed by atoms with Gasteiger partial charge in [-0.1, -0.05) is 13.8 Å². The maximum Gasteiger partial charge on any atom is 0.251 e. The number of rotatable bonds is 6. The maximum atomic E-state index is 11.3. The highest BCUT2D eigenvalue weighted by Crippen LogP contribution is 2.04. The summed E-state index contributed by atoms with van der Waals surface area (Å²) in [7, 11) is 0. The minimum absolute atomic E-state index is 0.188. The minimum atomic E-state index is -0.224. The fourth-order valence-corrected chi connectivity index (χ4v) is 1.43. The Kier molecular flexibility index (Phi) is 6.72. The van der Waals surface area contributed by atoms with Crippen molar-refractivity contribution in [3.8, 4) is 6.07 Å². The molecule has 0 saturated carbocycles. The molecule has 0 spiro atoms. The zero-order chi connectivity index (χ0) is 11.0. The van der Waals surface area contributed by atoms with E-state index in [2.05, 4.69) is 11.5 Å². The summed E-state index contributed by atoms with van der Waals surface area (Å²) in [6.07, 6.45) is 1.13. The summed E-state index contributed by atoms with van der Waals surface area (Å²) < 4.78 is 0. The van der Waals surface area contributed by atoms with Crippen molar-refractivity contribution in [2.45, 2.75) is 32.7 Å². The lowest BCUT2D eigenvalue weighted by Gasteiger charge is -2.27. The Hall–Kier alpha value is -1.12. The van der Waals surface area contributed by atoms with Crippen molar-refractivity contribution in [3.05, 3.63) is 0 Å². The molecule has 3 N–H and O–H groups in total. The van der Waals surface area contributed by atoms with Gasteiger partial charge in [0.1, 0.15) is 0 Å². The average Bonchev–Trinajstić information content (AvgIpc) is 2.23. The van der Waals surface area contributed by atoms with Crippen LogP contribution in [-0.4, -0.2) is 29.9 Å². The van der Waals surface area contributed by atoms with Crippen LogP contribution in [0.2, 0.25) is 0 Å². The van der Waals surface area contributed by atoms with E-state index in [-0.39, 0.29) is 11.9 Å². The van der Waals surface area contributed by atoms with Crippen molar-refractivity contribution in [1.82, 2.24) is 10.3 Å². The first kappa shape index (κ1) is 12.9. The molecule has 1 unspecified atom stereocenters. The average molecular weight is 198 g/mol. The molecule has 0 aromatic heterocycles. The molecule has 0 aliphatic carbocycles. The second-order valence-electron chi connectivity index (χ2n) is 2.97. The number of nitrogens with two attached hydrogens (primary N) is 1. The molecule has 0 heterocycles. The predicted molar refractivity (Wildman–Crippen MR) is 53.9 cm³/mol. The van der Waals surface area contributed by atoms with Gasteiger partial charge in [-0.05, 0) is 13.0 Å². The zero-order valence-electron chi connectivity index (χ0n) is 8.79. The quantitative estimate of drug-likeness (QED) is 0.357. The molecule has 1 atom stereocenters. The predicted octanol–water partition coefficient (Wildman–Crippen LogP) is -0.00952. The van der Waals surface area contributed by atoms with Crippen LogP contribution in [-0.2, 0) is 4.79 Å². The summed E-state index contributed by atoms with van der Waals surface area (Å²) in [6, 6.07) is 1.84. The molecular weight excluding hydrogens is 180 g/mol. The van der Waals surface area contributed by atoms with Gasteiger partial charge < -0.3 is 0 Å². The lowest BCUT2D eigenvalue weighted by molar-refractivity contribution is -0.126. The Balaban J connectivity index is 4.30. The molecule has 5 heteroatoms. The van der Waals surface area contributed by atoms with Gasteiger partial charge >= 0.3 is 0 Å². The molecule has 5 nitrogen and oxygen atoms in total. The Morgan fingerprint density at radius 2 is 2.29 bits per heavy atom. The third-order valence-electron chi connectivity index (χ3n) is 2.19. The molecule has 0 bridgehead atoms. The van der Waals surface area contributed by atoms with E-state index in [4.69, 9.17) is 11.1 Å². The van der Waals surface area contributed by atoms with E-state index in [0.717, 1.165) is 6.54 Å². The number of hydrazine groups is 1. The third kappa shape index (κ3) is 3.73.